The largest absolute Gasteiger partial charge is 0.465 e. The molecule has 2 rings (SSSR count). The number of anilines is 1. The van der Waals surface area contributed by atoms with Crippen molar-refractivity contribution in [2.75, 3.05) is 19.0 Å². The molecule has 6 nitrogen and oxygen atoms in total. The first-order chi connectivity index (χ1) is 13.9. The fraction of sp³-hybridized carbons (Fsp3) is 0.150. The van der Waals surface area contributed by atoms with Crippen LogP contribution < -0.4 is 5.32 Å². The van der Waals surface area contributed by atoms with Gasteiger partial charge in [0.1, 0.15) is 0 Å². The van der Waals surface area contributed by atoms with Crippen molar-refractivity contribution < 1.29 is 32.6 Å². The van der Waals surface area contributed by atoms with E-state index in [1.807, 2.05) is 0 Å². The summed E-state index contributed by atoms with van der Waals surface area (Å²) in [6, 6.07) is 12.4. The van der Waals surface area contributed by atoms with Gasteiger partial charge in [0.2, 0.25) is 0 Å². The molecule has 0 aromatic heterocycles. The van der Waals surface area contributed by atoms with Crippen LogP contribution in [-0.2, 0) is 19.1 Å². The fourth-order valence-corrected chi connectivity index (χ4v) is 2.75. The van der Waals surface area contributed by atoms with Crippen LogP contribution in [0.1, 0.15) is 15.9 Å². The molecule has 0 unspecified atom stereocenters. The van der Waals surface area contributed by atoms with Gasteiger partial charge in [0, 0.05) is 11.0 Å². The van der Waals surface area contributed by atoms with Crippen LogP contribution in [0.25, 0.3) is 6.08 Å². The van der Waals surface area contributed by atoms with Crippen molar-refractivity contribution in [2.24, 2.45) is 0 Å². The van der Waals surface area contributed by atoms with Crippen LogP contribution in [0.5, 0.6) is 0 Å². The SMILES string of the molecule is COC(=O)c1ccc(/C=C/C(=O)OCC(=O)Nc2ccccc2SC(F)F)cc1. The zero-order valence-electron chi connectivity index (χ0n) is 15.3. The van der Waals surface area contributed by atoms with Gasteiger partial charge in [-0.3, -0.25) is 4.79 Å². The molecule has 152 valence electrons. The van der Waals surface area contributed by atoms with Crippen molar-refractivity contribution in [3.8, 4) is 0 Å². The summed E-state index contributed by atoms with van der Waals surface area (Å²) in [4.78, 5) is 35.2. The number of halogens is 2. The van der Waals surface area contributed by atoms with Gasteiger partial charge in [-0.2, -0.15) is 8.78 Å². The lowest BCUT2D eigenvalue weighted by atomic mass is 10.1. The predicted octanol–water partition coefficient (Wildman–Crippen LogP) is 3.98. The molecule has 0 bridgehead atoms. The maximum atomic E-state index is 12.5. The standard InChI is InChI=1S/C20H17F2NO5S/c1-27-19(26)14-9-6-13(7-10-14)8-11-18(25)28-12-17(24)23-15-4-2-3-5-16(15)29-20(21)22/h2-11,20H,12H2,1H3,(H,23,24)/b11-8+. The van der Waals surface area contributed by atoms with Gasteiger partial charge in [0.05, 0.1) is 18.4 Å². The molecule has 1 amide bonds. The molecule has 0 aliphatic carbocycles. The molecule has 0 aliphatic rings. The highest BCUT2D eigenvalue weighted by molar-refractivity contribution is 7.99. The number of amides is 1. The number of carbonyl (C=O) groups is 3. The normalized spacial score (nSPS) is 10.8. The van der Waals surface area contributed by atoms with E-state index >= 15 is 0 Å². The average molecular weight is 421 g/mol. The summed E-state index contributed by atoms with van der Waals surface area (Å²) in [5.41, 5.74) is 1.21. The third-order valence-corrected chi connectivity index (χ3v) is 4.25. The number of methoxy groups -OCH3 is 1. The van der Waals surface area contributed by atoms with Gasteiger partial charge in [0.15, 0.2) is 6.61 Å². The topological polar surface area (TPSA) is 81.7 Å². The first kappa shape index (κ1) is 22.1. The lowest BCUT2D eigenvalue weighted by molar-refractivity contribution is -0.142. The summed E-state index contributed by atoms with van der Waals surface area (Å²) in [6.07, 6.45) is 2.58. The molecule has 9 heteroatoms. The number of thioether (sulfide) groups is 1. The Morgan fingerprint density at radius 1 is 1.10 bits per heavy atom. The van der Waals surface area contributed by atoms with Crippen LogP contribution in [0.15, 0.2) is 59.5 Å². The lowest BCUT2D eigenvalue weighted by Crippen LogP contribution is -2.20. The maximum absolute atomic E-state index is 12.5. The number of alkyl halides is 2. The number of para-hydroxylation sites is 1. The number of esters is 2. The van der Waals surface area contributed by atoms with Gasteiger partial charge in [-0.25, -0.2) is 9.59 Å². The number of carbonyl (C=O) groups excluding carboxylic acids is 3. The number of nitrogens with one attached hydrogen (secondary N) is 1. The summed E-state index contributed by atoms with van der Waals surface area (Å²) < 4.78 is 34.5. The molecule has 29 heavy (non-hydrogen) atoms. The average Bonchev–Trinajstić information content (AvgIpc) is 2.71. The zero-order valence-corrected chi connectivity index (χ0v) is 16.1. The smallest absolute Gasteiger partial charge is 0.337 e. The molecule has 2 aromatic carbocycles. The van der Waals surface area contributed by atoms with Crippen molar-refractivity contribution in [3.63, 3.8) is 0 Å². The Kier molecular flexibility index (Phi) is 8.35. The van der Waals surface area contributed by atoms with E-state index in [1.54, 1.807) is 36.4 Å². The molecule has 0 saturated carbocycles. The monoisotopic (exact) mass is 421 g/mol. The molecule has 0 fully saturated rings. The second kappa shape index (κ2) is 11.0. The third-order valence-electron chi connectivity index (χ3n) is 3.47. The molecule has 0 atom stereocenters. The number of ether oxygens (including phenoxy) is 2. The van der Waals surface area contributed by atoms with Crippen LogP contribution in [-0.4, -0.2) is 37.3 Å². The second-order valence-electron chi connectivity index (χ2n) is 5.48. The first-order valence-corrected chi connectivity index (χ1v) is 9.14. The second-order valence-corrected chi connectivity index (χ2v) is 6.51. The van der Waals surface area contributed by atoms with E-state index in [4.69, 9.17) is 4.74 Å². The van der Waals surface area contributed by atoms with Gasteiger partial charge < -0.3 is 14.8 Å². The van der Waals surface area contributed by atoms with Crippen LogP contribution in [0, 0.1) is 0 Å². The van der Waals surface area contributed by atoms with Gasteiger partial charge in [0.25, 0.3) is 11.7 Å². The van der Waals surface area contributed by atoms with E-state index in [0.29, 0.717) is 22.9 Å². The fourth-order valence-electron chi connectivity index (χ4n) is 2.15. The molecule has 0 saturated heterocycles. The summed E-state index contributed by atoms with van der Waals surface area (Å²) in [5, 5.41) is 2.43. The molecule has 0 spiro atoms. The number of hydrogen-bond acceptors (Lipinski definition) is 6. The Morgan fingerprint density at radius 2 is 1.79 bits per heavy atom. The summed E-state index contributed by atoms with van der Waals surface area (Å²) >= 11 is 0.305. The molecular formula is C20H17F2NO5S. The molecule has 0 radical (unpaired) electrons. The summed E-state index contributed by atoms with van der Waals surface area (Å²) in [6.45, 7) is -0.571. The number of rotatable bonds is 8. The summed E-state index contributed by atoms with van der Waals surface area (Å²) in [5.74, 6) is -4.51. The minimum Gasteiger partial charge on any atom is -0.465 e. The highest BCUT2D eigenvalue weighted by Gasteiger charge is 2.12. The van der Waals surface area contributed by atoms with Crippen molar-refractivity contribution in [3.05, 3.63) is 65.7 Å². The first-order valence-electron chi connectivity index (χ1n) is 8.26. The van der Waals surface area contributed by atoms with E-state index in [9.17, 15) is 23.2 Å². The van der Waals surface area contributed by atoms with Crippen molar-refractivity contribution in [1.82, 2.24) is 0 Å². The van der Waals surface area contributed by atoms with E-state index in [0.717, 1.165) is 6.08 Å². The third kappa shape index (κ3) is 7.38. The number of benzene rings is 2. The minimum atomic E-state index is -2.63. The molecule has 2 aromatic rings. The Morgan fingerprint density at radius 3 is 2.45 bits per heavy atom. The Labute approximate surface area is 169 Å². The maximum Gasteiger partial charge on any atom is 0.337 e. The van der Waals surface area contributed by atoms with E-state index < -0.39 is 30.2 Å². The molecule has 0 heterocycles. The quantitative estimate of drug-likeness (QED) is 0.394. The minimum absolute atomic E-state index is 0.206. The Bertz CT molecular complexity index is 900. The van der Waals surface area contributed by atoms with Crippen molar-refractivity contribution in [1.29, 1.82) is 0 Å². The number of hydrogen-bond donors (Lipinski definition) is 1. The van der Waals surface area contributed by atoms with Crippen molar-refractivity contribution in [2.45, 2.75) is 10.7 Å². The van der Waals surface area contributed by atoms with Crippen LogP contribution >= 0.6 is 11.8 Å². The molecule has 0 aliphatic heterocycles. The molecule has 1 N–H and O–H groups in total. The Hall–Kier alpha value is -3.20. The zero-order chi connectivity index (χ0) is 21.2. The van der Waals surface area contributed by atoms with Gasteiger partial charge >= 0.3 is 11.9 Å². The van der Waals surface area contributed by atoms with Crippen molar-refractivity contribution >= 4 is 41.4 Å². The summed E-state index contributed by atoms with van der Waals surface area (Å²) in [7, 11) is 1.28. The Balaban J connectivity index is 1.85. The van der Waals surface area contributed by atoms with Gasteiger partial charge in [-0.15, -0.1) is 0 Å². The lowest BCUT2D eigenvalue weighted by Gasteiger charge is -2.10. The highest BCUT2D eigenvalue weighted by Crippen LogP contribution is 2.31. The highest BCUT2D eigenvalue weighted by atomic mass is 32.2. The van der Waals surface area contributed by atoms with E-state index in [-0.39, 0.29) is 10.6 Å². The van der Waals surface area contributed by atoms with Gasteiger partial charge in [-0.1, -0.05) is 36.0 Å². The van der Waals surface area contributed by atoms with E-state index in [1.165, 1.54) is 25.3 Å². The van der Waals surface area contributed by atoms with Gasteiger partial charge in [-0.05, 0) is 35.9 Å². The van der Waals surface area contributed by atoms with Crippen LogP contribution in [0.4, 0.5) is 14.5 Å². The predicted molar refractivity (Wildman–Crippen MR) is 105 cm³/mol. The van der Waals surface area contributed by atoms with E-state index in [2.05, 4.69) is 10.1 Å². The van der Waals surface area contributed by atoms with Crippen LogP contribution in [0.2, 0.25) is 0 Å². The van der Waals surface area contributed by atoms with Crippen LogP contribution in [0.3, 0.4) is 0 Å². The molecular weight excluding hydrogens is 404 g/mol.